The van der Waals surface area contributed by atoms with Crippen LogP contribution < -0.4 is 11.2 Å². The first kappa shape index (κ1) is 17.6. The van der Waals surface area contributed by atoms with Gasteiger partial charge in [-0.05, 0) is 36.8 Å². The topological polar surface area (TPSA) is 94.2 Å². The van der Waals surface area contributed by atoms with Crippen molar-refractivity contribution in [2.45, 2.75) is 13.0 Å². The zero-order valence-corrected chi connectivity index (χ0v) is 14.4. The molecule has 0 spiro atoms. The fourth-order valence-electron chi connectivity index (χ4n) is 2.60. The highest BCUT2D eigenvalue weighted by atomic mass is 35.5. The monoisotopic (exact) mass is 371 g/mol. The van der Waals surface area contributed by atoms with Gasteiger partial charge < -0.3 is 5.11 Å². The molecule has 0 aliphatic carbocycles. The second kappa shape index (κ2) is 6.97. The molecule has 132 valence electrons. The van der Waals surface area contributed by atoms with Crippen LogP contribution in [0.2, 0.25) is 5.02 Å². The fraction of sp³-hybridized carbons (Fsp3) is 0.111. The first-order valence-corrected chi connectivity index (χ1v) is 8.08. The third-order valence-electron chi connectivity index (χ3n) is 3.95. The normalized spacial score (nSPS) is 11.9. The number of aromatic carboxylic acids is 1. The molecule has 0 aliphatic heterocycles. The Labute approximate surface area is 152 Å². The Balaban J connectivity index is 2.30. The smallest absolute Gasteiger partial charge is 0.362 e. The highest BCUT2D eigenvalue weighted by Crippen LogP contribution is 2.15. The molecule has 0 bridgehead atoms. The SMILES string of the molecule is CC(c1ccccc1)n1c(=O)c(C(=O)O)nn(-c2ccc(Cl)cc2)c1=O. The maximum Gasteiger partial charge on any atom is 0.362 e. The molecule has 0 aliphatic rings. The summed E-state index contributed by atoms with van der Waals surface area (Å²) in [6.07, 6.45) is 0. The van der Waals surface area contributed by atoms with Gasteiger partial charge in [-0.2, -0.15) is 9.78 Å². The molecular formula is C18H14ClN3O4. The molecule has 1 aromatic heterocycles. The van der Waals surface area contributed by atoms with Crippen molar-refractivity contribution >= 4 is 17.6 Å². The number of halogens is 1. The number of benzene rings is 2. The lowest BCUT2D eigenvalue weighted by Gasteiger charge is -2.17. The Bertz CT molecular complexity index is 1070. The number of aromatic nitrogens is 3. The van der Waals surface area contributed by atoms with Crippen LogP contribution in [0.25, 0.3) is 5.69 Å². The van der Waals surface area contributed by atoms with E-state index < -0.39 is 29.0 Å². The number of hydrogen-bond donors (Lipinski definition) is 1. The van der Waals surface area contributed by atoms with Crippen molar-refractivity contribution < 1.29 is 9.90 Å². The second-order valence-corrected chi connectivity index (χ2v) is 6.02. The summed E-state index contributed by atoms with van der Waals surface area (Å²) in [5.74, 6) is -1.51. The molecule has 0 amide bonds. The fourth-order valence-corrected chi connectivity index (χ4v) is 2.72. The number of carbonyl (C=O) groups is 1. The van der Waals surface area contributed by atoms with Crippen LogP contribution in [-0.4, -0.2) is 25.4 Å². The summed E-state index contributed by atoms with van der Waals surface area (Å²) in [7, 11) is 0. The van der Waals surface area contributed by atoms with Crippen LogP contribution in [0.1, 0.15) is 29.0 Å². The summed E-state index contributed by atoms with van der Waals surface area (Å²) in [6, 6.07) is 14.3. The van der Waals surface area contributed by atoms with Crippen LogP contribution in [0, 0.1) is 0 Å². The van der Waals surface area contributed by atoms with Gasteiger partial charge in [0.1, 0.15) is 0 Å². The quantitative estimate of drug-likeness (QED) is 0.759. The highest BCUT2D eigenvalue weighted by molar-refractivity contribution is 6.30. The lowest BCUT2D eigenvalue weighted by Crippen LogP contribution is -2.45. The van der Waals surface area contributed by atoms with Crippen LogP contribution in [-0.2, 0) is 0 Å². The third kappa shape index (κ3) is 3.16. The second-order valence-electron chi connectivity index (χ2n) is 5.59. The van der Waals surface area contributed by atoms with Crippen molar-refractivity contribution in [3.8, 4) is 5.69 Å². The molecule has 0 radical (unpaired) electrons. The van der Waals surface area contributed by atoms with Crippen molar-refractivity contribution in [2.75, 3.05) is 0 Å². The third-order valence-corrected chi connectivity index (χ3v) is 4.20. The standard InChI is InChI=1S/C18H14ClN3O4/c1-11(12-5-3-2-4-6-12)21-16(23)15(17(24)25)20-22(18(21)26)14-9-7-13(19)8-10-14/h2-11H,1H3,(H,24,25). The molecule has 0 saturated carbocycles. The molecular weight excluding hydrogens is 358 g/mol. The summed E-state index contributed by atoms with van der Waals surface area (Å²) < 4.78 is 1.78. The van der Waals surface area contributed by atoms with Crippen molar-refractivity contribution in [3.05, 3.63) is 91.7 Å². The molecule has 1 heterocycles. The zero-order valence-electron chi connectivity index (χ0n) is 13.7. The number of carboxylic acid groups (broad SMARTS) is 1. The predicted molar refractivity (Wildman–Crippen MR) is 96.3 cm³/mol. The molecule has 8 heteroatoms. The van der Waals surface area contributed by atoms with E-state index in [4.69, 9.17) is 11.6 Å². The van der Waals surface area contributed by atoms with Gasteiger partial charge in [0.2, 0.25) is 5.69 Å². The Kier molecular flexibility index (Phi) is 4.73. The molecule has 0 fully saturated rings. The number of carboxylic acids is 1. The van der Waals surface area contributed by atoms with Gasteiger partial charge in [0.25, 0.3) is 5.56 Å². The van der Waals surface area contributed by atoms with Gasteiger partial charge in [-0.3, -0.25) is 4.79 Å². The van der Waals surface area contributed by atoms with E-state index in [1.807, 2.05) is 0 Å². The number of nitrogens with zero attached hydrogens (tertiary/aromatic N) is 3. The van der Waals surface area contributed by atoms with Gasteiger partial charge in [0.15, 0.2) is 0 Å². The lowest BCUT2D eigenvalue weighted by molar-refractivity contribution is 0.0684. The molecule has 7 nitrogen and oxygen atoms in total. The molecule has 0 saturated heterocycles. The van der Waals surface area contributed by atoms with Gasteiger partial charge in [-0.1, -0.05) is 41.9 Å². The molecule has 3 rings (SSSR count). The summed E-state index contributed by atoms with van der Waals surface area (Å²) >= 11 is 5.85. The van der Waals surface area contributed by atoms with Crippen molar-refractivity contribution in [1.82, 2.24) is 14.3 Å². The van der Waals surface area contributed by atoms with E-state index in [9.17, 15) is 19.5 Å². The van der Waals surface area contributed by atoms with Gasteiger partial charge in [-0.15, -0.1) is 0 Å². The Morgan fingerprint density at radius 3 is 2.27 bits per heavy atom. The van der Waals surface area contributed by atoms with E-state index in [1.54, 1.807) is 49.4 Å². The summed E-state index contributed by atoms with van der Waals surface area (Å²) in [5.41, 5.74) is -1.43. The van der Waals surface area contributed by atoms with E-state index in [0.29, 0.717) is 16.3 Å². The first-order valence-electron chi connectivity index (χ1n) is 7.70. The predicted octanol–water partition coefficient (Wildman–Crippen LogP) is 2.36. The van der Waals surface area contributed by atoms with Crippen LogP contribution in [0.5, 0.6) is 0 Å². The van der Waals surface area contributed by atoms with Gasteiger partial charge in [-0.25, -0.2) is 14.2 Å². The maximum atomic E-state index is 12.9. The van der Waals surface area contributed by atoms with Gasteiger partial charge in [0.05, 0.1) is 11.7 Å². The zero-order chi connectivity index (χ0) is 18.8. The van der Waals surface area contributed by atoms with E-state index >= 15 is 0 Å². The average molecular weight is 372 g/mol. The Morgan fingerprint density at radius 1 is 1.08 bits per heavy atom. The minimum absolute atomic E-state index is 0.302. The number of rotatable bonds is 4. The molecule has 1 unspecified atom stereocenters. The molecule has 26 heavy (non-hydrogen) atoms. The maximum absolute atomic E-state index is 12.9. The van der Waals surface area contributed by atoms with Gasteiger partial charge >= 0.3 is 11.7 Å². The summed E-state index contributed by atoms with van der Waals surface area (Å²) in [4.78, 5) is 36.9. The van der Waals surface area contributed by atoms with Crippen molar-refractivity contribution in [1.29, 1.82) is 0 Å². The molecule has 1 N–H and O–H groups in total. The largest absolute Gasteiger partial charge is 0.476 e. The van der Waals surface area contributed by atoms with Crippen molar-refractivity contribution in [2.24, 2.45) is 0 Å². The molecule has 2 aromatic carbocycles. The highest BCUT2D eigenvalue weighted by Gasteiger charge is 2.23. The first-order chi connectivity index (χ1) is 12.4. The summed E-state index contributed by atoms with van der Waals surface area (Å²) in [5, 5.41) is 13.5. The van der Waals surface area contributed by atoms with Crippen molar-refractivity contribution in [3.63, 3.8) is 0 Å². The summed E-state index contributed by atoms with van der Waals surface area (Å²) in [6.45, 7) is 1.65. The average Bonchev–Trinajstić information content (AvgIpc) is 2.63. The Hall–Kier alpha value is -3.19. The van der Waals surface area contributed by atoms with Crippen LogP contribution in [0.15, 0.2) is 64.2 Å². The minimum atomic E-state index is -1.51. The minimum Gasteiger partial charge on any atom is -0.476 e. The lowest BCUT2D eigenvalue weighted by atomic mass is 10.1. The van der Waals surface area contributed by atoms with Gasteiger partial charge in [0, 0.05) is 5.02 Å². The Morgan fingerprint density at radius 2 is 1.69 bits per heavy atom. The van der Waals surface area contributed by atoms with E-state index in [-0.39, 0.29) is 0 Å². The molecule has 3 aromatic rings. The van der Waals surface area contributed by atoms with Crippen LogP contribution in [0.3, 0.4) is 0 Å². The van der Waals surface area contributed by atoms with E-state index in [2.05, 4.69) is 5.10 Å². The van der Waals surface area contributed by atoms with Crippen LogP contribution in [0.4, 0.5) is 0 Å². The molecule has 1 atom stereocenters. The van der Waals surface area contributed by atoms with Crippen LogP contribution >= 0.6 is 11.6 Å². The van der Waals surface area contributed by atoms with E-state index in [0.717, 1.165) is 9.25 Å². The number of hydrogen-bond acceptors (Lipinski definition) is 4. The van der Waals surface area contributed by atoms with E-state index in [1.165, 1.54) is 12.1 Å².